The van der Waals surface area contributed by atoms with Crippen molar-refractivity contribution in [3.8, 4) is 0 Å². The van der Waals surface area contributed by atoms with E-state index in [4.69, 9.17) is 0 Å². The molecule has 6 heteroatoms. The molecule has 0 spiro atoms. The van der Waals surface area contributed by atoms with Crippen molar-refractivity contribution in [2.45, 2.75) is 57.7 Å². The number of hydrogen-bond donors (Lipinski definition) is 2. The minimum atomic E-state index is 0.00668. The van der Waals surface area contributed by atoms with Gasteiger partial charge in [-0.1, -0.05) is 0 Å². The number of piperazine rings is 1. The molecule has 2 aliphatic heterocycles. The van der Waals surface area contributed by atoms with Crippen molar-refractivity contribution in [2.24, 2.45) is 5.92 Å². The summed E-state index contributed by atoms with van der Waals surface area (Å²) in [7, 11) is 0. The number of amides is 2. The van der Waals surface area contributed by atoms with E-state index in [1.807, 2.05) is 18.7 Å². The van der Waals surface area contributed by atoms with Crippen LogP contribution in [0.5, 0.6) is 0 Å². The van der Waals surface area contributed by atoms with E-state index in [1.54, 1.807) is 0 Å². The summed E-state index contributed by atoms with van der Waals surface area (Å²) in [6.45, 7) is 6.30. The SMILES string of the molecule is CCNC(=O)C1CCC2C(C1)N(CC)C(=O)C1CCNN12. The Morgan fingerprint density at radius 3 is 2.81 bits per heavy atom. The summed E-state index contributed by atoms with van der Waals surface area (Å²) in [6.07, 6.45) is 3.60. The van der Waals surface area contributed by atoms with E-state index < -0.39 is 0 Å². The predicted molar refractivity (Wildman–Crippen MR) is 79.2 cm³/mol. The molecule has 118 valence electrons. The summed E-state index contributed by atoms with van der Waals surface area (Å²) < 4.78 is 0. The maximum atomic E-state index is 12.6. The van der Waals surface area contributed by atoms with Crippen molar-refractivity contribution in [3.05, 3.63) is 0 Å². The Bertz CT molecular complexity index is 428. The first-order valence-electron chi connectivity index (χ1n) is 8.27. The average Bonchev–Trinajstić information content (AvgIpc) is 2.97. The van der Waals surface area contributed by atoms with Crippen molar-refractivity contribution in [1.82, 2.24) is 20.7 Å². The first-order valence-corrected chi connectivity index (χ1v) is 8.27. The van der Waals surface area contributed by atoms with E-state index in [1.165, 1.54) is 0 Å². The third-order valence-electron chi connectivity index (χ3n) is 5.22. The molecule has 3 fully saturated rings. The van der Waals surface area contributed by atoms with Gasteiger partial charge in [0, 0.05) is 37.6 Å². The molecule has 21 heavy (non-hydrogen) atoms. The van der Waals surface area contributed by atoms with Gasteiger partial charge >= 0.3 is 0 Å². The van der Waals surface area contributed by atoms with Crippen molar-refractivity contribution in [3.63, 3.8) is 0 Å². The highest BCUT2D eigenvalue weighted by molar-refractivity contribution is 5.84. The Morgan fingerprint density at radius 2 is 2.10 bits per heavy atom. The quantitative estimate of drug-likeness (QED) is 0.775. The summed E-state index contributed by atoms with van der Waals surface area (Å²) >= 11 is 0. The molecule has 2 heterocycles. The maximum Gasteiger partial charge on any atom is 0.241 e. The van der Waals surface area contributed by atoms with Crippen molar-refractivity contribution >= 4 is 11.8 Å². The van der Waals surface area contributed by atoms with E-state index in [9.17, 15) is 9.59 Å². The summed E-state index contributed by atoms with van der Waals surface area (Å²) in [5.74, 6) is 0.434. The summed E-state index contributed by atoms with van der Waals surface area (Å²) in [5.41, 5.74) is 3.39. The molecule has 0 aromatic rings. The van der Waals surface area contributed by atoms with Gasteiger partial charge in [-0.15, -0.1) is 0 Å². The second-order valence-electron chi connectivity index (χ2n) is 6.28. The lowest BCUT2D eigenvalue weighted by atomic mass is 9.78. The number of nitrogens with zero attached hydrogens (tertiary/aromatic N) is 2. The maximum absolute atomic E-state index is 12.6. The van der Waals surface area contributed by atoms with Gasteiger partial charge in [-0.2, -0.15) is 0 Å². The van der Waals surface area contributed by atoms with Gasteiger partial charge in [0.15, 0.2) is 0 Å². The Hall–Kier alpha value is -1.14. The molecule has 1 saturated carbocycles. The molecule has 0 bridgehead atoms. The highest BCUT2D eigenvalue weighted by atomic mass is 16.2. The molecule has 1 aliphatic carbocycles. The molecule has 3 aliphatic rings. The number of fused-ring (bicyclic) bond motifs is 3. The molecule has 2 saturated heterocycles. The Labute approximate surface area is 126 Å². The third kappa shape index (κ3) is 2.44. The number of nitrogens with one attached hydrogen (secondary N) is 2. The lowest BCUT2D eigenvalue weighted by molar-refractivity contribution is -0.155. The van der Waals surface area contributed by atoms with Crippen LogP contribution in [0.4, 0.5) is 0 Å². The van der Waals surface area contributed by atoms with E-state index in [2.05, 4.69) is 15.8 Å². The molecular formula is C15H26N4O2. The highest BCUT2D eigenvalue weighted by Crippen LogP contribution is 2.37. The predicted octanol–water partition coefficient (Wildman–Crippen LogP) is 0.101. The minimum absolute atomic E-state index is 0.00668. The van der Waals surface area contributed by atoms with E-state index in [-0.39, 0.29) is 29.8 Å². The number of hydrogen-bond acceptors (Lipinski definition) is 4. The first-order chi connectivity index (χ1) is 10.2. The number of hydrazine groups is 1. The van der Waals surface area contributed by atoms with Gasteiger partial charge in [0.25, 0.3) is 0 Å². The number of rotatable bonds is 3. The molecule has 0 aromatic heterocycles. The lowest BCUT2D eigenvalue weighted by Crippen LogP contribution is -2.68. The minimum Gasteiger partial charge on any atom is -0.356 e. The normalized spacial score (nSPS) is 36.3. The molecule has 2 amide bonds. The molecule has 3 rings (SSSR count). The number of carbonyl (C=O) groups excluding carboxylic acids is 2. The smallest absolute Gasteiger partial charge is 0.241 e. The first kappa shape index (κ1) is 14.8. The molecule has 0 aromatic carbocycles. The Balaban J connectivity index is 1.78. The van der Waals surface area contributed by atoms with Gasteiger partial charge in [0.2, 0.25) is 11.8 Å². The Morgan fingerprint density at radius 1 is 1.29 bits per heavy atom. The fourth-order valence-corrected chi connectivity index (χ4v) is 4.26. The second kappa shape index (κ2) is 5.93. The van der Waals surface area contributed by atoms with Crippen LogP contribution in [0.15, 0.2) is 0 Å². The largest absolute Gasteiger partial charge is 0.356 e. The molecule has 4 unspecified atom stereocenters. The molecular weight excluding hydrogens is 268 g/mol. The van der Waals surface area contributed by atoms with Crippen LogP contribution in [0, 0.1) is 5.92 Å². The summed E-state index contributed by atoms with van der Waals surface area (Å²) in [6, 6.07) is 0.541. The van der Waals surface area contributed by atoms with Gasteiger partial charge in [-0.05, 0) is 39.5 Å². The van der Waals surface area contributed by atoms with E-state index >= 15 is 0 Å². The zero-order valence-corrected chi connectivity index (χ0v) is 13.0. The third-order valence-corrected chi connectivity index (χ3v) is 5.22. The molecule has 0 radical (unpaired) electrons. The van der Waals surface area contributed by atoms with Crippen molar-refractivity contribution in [1.29, 1.82) is 0 Å². The molecule has 6 nitrogen and oxygen atoms in total. The topological polar surface area (TPSA) is 64.7 Å². The zero-order valence-electron chi connectivity index (χ0n) is 13.0. The standard InChI is InChI=1S/C15H26N4O2/c1-3-16-14(20)10-5-6-11-13(9-10)18(4-2)15(21)12-7-8-17-19(11)12/h10-13,17H,3-9H2,1-2H3,(H,16,20). The van der Waals surface area contributed by atoms with Gasteiger partial charge in [-0.25, -0.2) is 5.01 Å². The van der Waals surface area contributed by atoms with Gasteiger partial charge in [0.05, 0.1) is 0 Å². The molecule has 2 N–H and O–H groups in total. The number of likely N-dealkylation sites (N-methyl/N-ethyl adjacent to an activating group) is 1. The lowest BCUT2D eigenvalue weighted by Gasteiger charge is -2.51. The van der Waals surface area contributed by atoms with Crippen LogP contribution in [0.3, 0.4) is 0 Å². The van der Waals surface area contributed by atoms with Crippen LogP contribution < -0.4 is 10.7 Å². The zero-order chi connectivity index (χ0) is 15.0. The van der Waals surface area contributed by atoms with Crippen LogP contribution in [-0.2, 0) is 9.59 Å². The van der Waals surface area contributed by atoms with Crippen LogP contribution >= 0.6 is 0 Å². The van der Waals surface area contributed by atoms with Gasteiger partial charge < -0.3 is 10.2 Å². The van der Waals surface area contributed by atoms with Crippen LogP contribution in [-0.4, -0.2) is 59.5 Å². The summed E-state index contributed by atoms with van der Waals surface area (Å²) in [4.78, 5) is 26.8. The second-order valence-corrected chi connectivity index (χ2v) is 6.28. The van der Waals surface area contributed by atoms with Crippen LogP contribution in [0.2, 0.25) is 0 Å². The summed E-state index contributed by atoms with van der Waals surface area (Å²) in [5, 5.41) is 5.12. The average molecular weight is 294 g/mol. The van der Waals surface area contributed by atoms with Gasteiger partial charge in [0.1, 0.15) is 6.04 Å². The fourth-order valence-electron chi connectivity index (χ4n) is 4.26. The Kier molecular flexibility index (Phi) is 4.17. The number of carbonyl (C=O) groups is 2. The van der Waals surface area contributed by atoms with Gasteiger partial charge in [-0.3, -0.25) is 15.0 Å². The monoisotopic (exact) mass is 294 g/mol. The fraction of sp³-hybridized carbons (Fsp3) is 0.867. The van der Waals surface area contributed by atoms with E-state index in [0.29, 0.717) is 12.6 Å². The van der Waals surface area contributed by atoms with E-state index in [0.717, 1.165) is 38.8 Å². The highest BCUT2D eigenvalue weighted by Gasteiger charge is 2.50. The molecule has 4 atom stereocenters. The van der Waals surface area contributed by atoms with Crippen LogP contribution in [0.25, 0.3) is 0 Å². The van der Waals surface area contributed by atoms with Crippen molar-refractivity contribution in [2.75, 3.05) is 19.6 Å². The van der Waals surface area contributed by atoms with Crippen molar-refractivity contribution < 1.29 is 9.59 Å². The van der Waals surface area contributed by atoms with Crippen LogP contribution in [0.1, 0.15) is 39.5 Å².